The van der Waals surface area contributed by atoms with Crippen LogP contribution in [0, 0.1) is 0 Å². The van der Waals surface area contributed by atoms with Crippen LogP contribution in [0.15, 0.2) is 36.5 Å². The summed E-state index contributed by atoms with van der Waals surface area (Å²) in [6.07, 6.45) is 1.64. The van der Waals surface area contributed by atoms with Gasteiger partial charge in [-0.2, -0.15) is 0 Å². The number of pyridine rings is 1. The number of hydrogen-bond donors (Lipinski definition) is 2. The lowest BCUT2D eigenvalue weighted by Crippen LogP contribution is -2.19. The van der Waals surface area contributed by atoms with E-state index in [1.54, 1.807) is 31.3 Å². The molecule has 2 rings (SSSR count). The largest absolute Gasteiger partial charge is 0.359 e. The van der Waals surface area contributed by atoms with Crippen LogP contribution in [-0.2, 0) is 11.2 Å². The zero-order chi connectivity index (χ0) is 16.1. The van der Waals surface area contributed by atoms with E-state index in [1.807, 2.05) is 0 Å². The van der Waals surface area contributed by atoms with Crippen molar-refractivity contribution >= 4 is 40.7 Å². The monoisotopic (exact) mass is 337 g/mol. The number of aromatic nitrogens is 1. The van der Waals surface area contributed by atoms with Crippen LogP contribution in [0.1, 0.15) is 15.9 Å². The molecular formula is C15H13Cl2N3O2. The number of anilines is 1. The molecule has 0 saturated carbocycles. The van der Waals surface area contributed by atoms with Crippen LogP contribution in [-0.4, -0.2) is 23.8 Å². The van der Waals surface area contributed by atoms with Crippen LogP contribution in [0.3, 0.4) is 0 Å². The molecule has 1 heterocycles. The number of likely N-dealkylation sites (N-methyl/N-ethyl adjacent to an activating group) is 1. The highest BCUT2D eigenvalue weighted by Crippen LogP contribution is 2.20. The number of carbonyl (C=O) groups is 2. The first-order valence-corrected chi connectivity index (χ1v) is 7.17. The lowest BCUT2D eigenvalue weighted by Gasteiger charge is -2.07. The third kappa shape index (κ3) is 4.19. The van der Waals surface area contributed by atoms with Crippen LogP contribution in [0.4, 0.5) is 5.69 Å². The second-order valence-electron chi connectivity index (χ2n) is 4.50. The number of nitrogens with zero attached hydrogens (tertiary/aromatic N) is 1. The zero-order valence-corrected chi connectivity index (χ0v) is 13.2. The molecule has 2 N–H and O–H groups in total. The molecule has 22 heavy (non-hydrogen) atoms. The van der Waals surface area contributed by atoms with Gasteiger partial charge < -0.3 is 10.6 Å². The molecule has 1 aromatic carbocycles. The molecule has 7 heteroatoms. The van der Waals surface area contributed by atoms with Crippen molar-refractivity contribution in [3.63, 3.8) is 0 Å². The molecule has 0 radical (unpaired) electrons. The van der Waals surface area contributed by atoms with Crippen LogP contribution in [0.25, 0.3) is 0 Å². The third-order valence-corrected chi connectivity index (χ3v) is 3.60. The van der Waals surface area contributed by atoms with E-state index < -0.39 is 0 Å². The highest BCUT2D eigenvalue weighted by molar-refractivity contribution is 6.41. The van der Waals surface area contributed by atoms with E-state index in [0.29, 0.717) is 17.7 Å². The minimum absolute atomic E-state index is 0.0707. The van der Waals surface area contributed by atoms with Gasteiger partial charge in [0.05, 0.1) is 17.0 Å². The Balaban J connectivity index is 2.05. The lowest BCUT2D eigenvalue weighted by atomic mass is 10.1. The first-order chi connectivity index (χ1) is 10.5. The van der Waals surface area contributed by atoms with Crippen LogP contribution >= 0.6 is 23.2 Å². The minimum atomic E-state index is -0.342. The van der Waals surface area contributed by atoms with Gasteiger partial charge in [-0.1, -0.05) is 35.3 Å². The van der Waals surface area contributed by atoms with Gasteiger partial charge in [0.25, 0.3) is 5.91 Å². The summed E-state index contributed by atoms with van der Waals surface area (Å²) >= 11 is 11.5. The molecule has 0 atom stereocenters. The van der Waals surface area contributed by atoms with Gasteiger partial charge in [-0.3, -0.25) is 9.59 Å². The van der Waals surface area contributed by atoms with Crippen molar-refractivity contribution in [2.75, 3.05) is 12.4 Å². The molecule has 0 aliphatic heterocycles. The predicted molar refractivity (Wildman–Crippen MR) is 86.4 cm³/mol. The van der Waals surface area contributed by atoms with Crippen LogP contribution in [0.5, 0.6) is 0 Å². The van der Waals surface area contributed by atoms with Gasteiger partial charge in [-0.25, -0.2) is 4.98 Å². The highest BCUT2D eigenvalue weighted by Gasteiger charge is 2.09. The van der Waals surface area contributed by atoms with E-state index in [0.717, 1.165) is 5.56 Å². The standard InChI is InChI=1S/C15H13Cl2N3O2/c1-18-13(21)6-9-2-4-11(5-3-9)20-15(22)10-7-12(16)14(17)19-8-10/h2-5,7-8H,6H2,1H3,(H,18,21)(H,20,22). The molecule has 0 aliphatic carbocycles. The summed E-state index contributed by atoms with van der Waals surface area (Å²) in [6, 6.07) is 8.45. The summed E-state index contributed by atoms with van der Waals surface area (Å²) in [7, 11) is 1.59. The number of rotatable bonds is 4. The first kappa shape index (κ1) is 16.3. The van der Waals surface area contributed by atoms with Gasteiger partial charge in [0.1, 0.15) is 5.15 Å². The Labute approximate surface area is 137 Å². The molecular weight excluding hydrogens is 325 g/mol. The topological polar surface area (TPSA) is 71.1 Å². The third-order valence-electron chi connectivity index (χ3n) is 2.91. The number of halogens is 2. The number of carbonyl (C=O) groups excluding carboxylic acids is 2. The van der Waals surface area contributed by atoms with Crippen molar-refractivity contribution < 1.29 is 9.59 Å². The summed E-state index contributed by atoms with van der Waals surface area (Å²) < 4.78 is 0. The fraction of sp³-hybridized carbons (Fsp3) is 0.133. The average molecular weight is 338 g/mol. The fourth-order valence-electron chi connectivity index (χ4n) is 1.73. The number of benzene rings is 1. The molecule has 2 aromatic rings. The minimum Gasteiger partial charge on any atom is -0.359 e. The van der Waals surface area contributed by atoms with E-state index in [4.69, 9.17) is 23.2 Å². The summed E-state index contributed by atoms with van der Waals surface area (Å²) in [6.45, 7) is 0. The lowest BCUT2D eigenvalue weighted by molar-refractivity contribution is -0.119. The Morgan fingerprint density at radius 1 is 1.18 bits per heavy atom. The summed E-state index contributed by atoms with van der Waals surface area (Å²) in [4.78, 5) is 27.2. The predicted octanol–water partition coefficient (Wildman–Crippen LogP) is 2.93. The molecule has 2 amide bonds. The van der Waals surface area contributed by atoms with E-state index in [2.05, 4.69) is 15.6 Å². The number of hydrogen-bond acceptors (Lipinski definition) is 3. The van der Waals surface area contributed by atoms with Gasteiger partial charge in [0.2, 0.25) is 5.91 Å². The van der Waals surface area contributed by atoms with Gasteiger partial charge in [-0.15, -0.1) is 0 Å². The van der Waals surface area contributed by atoms with Gasteiger partial charge in [-0.05, 0) is 23.8 Å². The Hall–Kier alpha value is -2.11. The van der Waals surface area contributed by atoms with Gasteiger partial charge in [0.15, 0.2) is 0 Å². The maximum absolute atomic E-state index is 12.1. The van der Waals surface area contributed by atoms with Crippen molar-refractivity contribution in [3.05, 3.63) is 57.8 Å². The number of amides is 2. The van der Waals surface area contributed by atoms with Gasteiger partial charge >= 0.3 is 0 Å². The number of nitrogens with one attached hydrogen (secondary N) is 2. The summed E-state index contributed by atoms with van der Waals surface area (Å²) in [5.41, 5.74) is 1.77. The molecule has 0 unspecified atom stereocenters. The molecule has 5 nitrogen and oxygen atoms in total. The molecule has 0 fully saturated rings. The second kappa shape index (κ2) is 7.24. The fourth-order valence-corrected chi connectivity index (χ4v) is 2.00. The molecule has 0 spiro atoms. The molecule has 114 valence electrons. The maximum atomic E-state index is 12.1. The maximum Gasteiger partial charge on any atom is 0.257 e. The molecule has 0 bridgehead atoms. The van der Waals surface area contributed by atoms with Crippen molar-refractivity contribution in [3.8, 4) is 0 Å². The van der Waals surface area contributed by atoms with E-state index in [1.165, 1.54) is 12.3 Å². The van der Waals surface area contributed by atoms with Crippen LogP contribution in [0.2, 0.25) is 10.2 Å². The molecule has 1 aromatic heterocycles. The summed E-state index contributed by atoms with van der Waals surface area (Å²) in [5.74, 6) is -0.413. The van der Waals surface area contributed by atoms with E-state index in [-0.39, 0.29) is 22.0 Å². The highest BCUT2D eigenvalue weighted by atomic mass is 35.5. The van der Waals surface area contributed by atoms with Crippen LogP contribution < -0.4 is 10.6 Å². The molecule has 0 saturated heterocycles. The van der Waals surface area contributed by atoms with Crippen molar-refractivity contribution in [1.82, 2.24) is 10.3 Å². The van der Waals surface area contributed by atoms with Crippen molar-refractivity contribution in [1.29, 1.82) is 0 Å². The summed E-state index contributed by atoms with van der Waals surface area (Å²) in [5, 5.41) is 5.64. The Bertz CT molecular complexity index is 702. The SMILES string of the molecule is CNC(=O)Cc1ccc(NC(=O)c2cnc(Cl)c(Cl)c2)cc1. The smallest absolute Gasteiger partial charge is 0.257 e. The Morgan fingerprint density at radius 2 is 1.86 bits per heavy atom. The second-order valence-corrected chi connectivity index (χ2v) is 5.26. The van der Waals surface area contributed by atoms with Gasteiger partial charge in [0, 0.05) is 18.9 Å². The normalized spacial score (nSPS) is 10.1. The quantitative estimate of drug-likeness (QED) is 0.842. The Kier molecular flexibility index (Phi) is 5.35. The zero-order valence-electron chi connectivity index (χ0n) is 11.7. The van der Waals surface area contributed by atoms with E-state index >= 15 is 0 Å². The molecule has 0 aliphatic rings. The van der Waals surface area contributed by atoms with Crippen molar-refractivity contribution in [2.24, 2.45) is 0 Å². The van der Waals surface area contributed by atoms with Crippen molar-refractivity contribution in [2.45, 2.75) is 6.42 Å². The average Bonchev–Trinajstić information content (AvgIpc) is 2.51. The Morgan fingerprint density at radius 3 is 2.45 bits per heavy atom. The first-order valence-electron chi connectivity index (χ1n) is 6.41. The van der Waals surface area contributed by atoms with E-state index in [9.17, 15) is 9.59 Å².